The van der Waals surface area contributed by atoms with E-state index in [0.29, 0.717) is 38.5 Å². The third kappa shape index (κ3) is 8.59. The Morgan fingerprint density at radius 3 is 2.40 bits per heavy atom. The highest BCUT2D eigenvalue weighted by Gasteiger charge is 2.50. The van der Waals surface area contributed by atoms with Crippen molar-refractivity contribution in [3.05, 3.63) is 41.2 Å². The first-order chi connectivity index (χ1) is 20.1. The van der Waals surface area contributed by atoms with E-state index < -0.39 is 41.4 Å². The summed E-state index contributed by atoms with van der Waals surface area (Å²) in [5.41, 5.74) is 0.299. The lowest BCUT2D eigenvalue weighted by molar-refractivity contribution is -0.134. The van der Waals surface area contributed by atoms with E-state index in [9.17, 15) is 23.6 Å². The monoisotopic (exact) mass is 588 g/mol. The Hall–Kier alpha value is -3.35. The molecule has 11 nitrogen and oxygen atoms in total. The molecule has 2 aliphatic heterocycles. The largest absolute Gasteiger partial charge is 0.497 e. The molecule has 0 radical (unpaired) electrons. The molecular weight excluding hydrogens is 547 g/mol. The normalized spacial score (nSPS) is 22.3. The molecule has 0 bridgehead atoms. The van der Waals surface area contributed by atoms with Gasteiger partial charge in [0.05, 0.1) is 39.5 Å². The quantitative estimate of drug-likeness (QED) is 0.217. The maximum atomic E-state index is 14.9. The second-order valence-electron chi connectivity index (χ2n) is 11.3. The van der Waals surface area contributed by atoms with E-state index >= 15 is 0 Å². The van der Waals surface area contributed by atoms with Crippen LogP contribution in [0.15, 0.2) is 29.8 Å². The molecule has 2 heterocycles. The van der Waals surface area contributed by atoms with E-state index in [0.717, 1.165) is 24.8 Å². The Bertz CT molecular complexity index is 1200. The number of nitrogens with zero attached hydrogens (tertiary/aromatic N) is 1. The van der Waals surface area contributed by atoms with Crippen LogP contribution in [0.2, 0.25) is 0 Å². The van der Waals surface area contributed by atoms with Crippen molar-refractivity contribution in [3.8, 4) is 5.75 Å². The van der Waals surface area contributed by atoms with Crippen molar-refractivity contribution in [2.45, 2.75) is 69.7 Å². The van der Waals surface area contributed by atoms with E-state index in [4.69, 9.17) is 14.2 Å². The Labute approximate surface area is 245 Å². The van der Waals surface area contributed by atoms with Gasteiger partial charge in [-0.3, -0.25) is 24.1 Å². The fraction of sp³-hybridized carbons (Fsp3) is 0.600. The summed E-state index contributed by atoms with van der Waals surface area (Å²) in [6, 6.07) is 1.20. The highest BCUT2D eigenvalue weighted by atomic mass is 19.1. The molecule has 1 aromatic rings. The molecule has 1 aromatic carbocycles. The van der Waals surface area contributed by atoms with Crippen molar-refractivity contribution in [3.63, 3.8) is 0 Å². The van der Waals surface area contributed by atoms with Crippen LogP contribution < -0.4 is 20.7 Å². The number of ketones is 1. The van der Waals surface area contributed by atoms with E-state index in [1.54, 1.807) is 13.0 Å². The van der Waals surface area contributed by atoms with Gasteiger partial charge in [-0.05, 0) is 51.2 Å². The molecule has 3 N–H and O–H groups in total. The van der Waals surface area contributed by atoms with Crippen LogP contribution in [0, 0.1) is 5.82 Å². The van der Waals surface area contributed by atoms with Gasteiger partial charge in [-0.1, -0.05) is 17.7 Å². The first-order valence-electron chi connectivity index (χ1n) is 14.5. The number of nitrogens with one attached hydrogen (secondary N) is 3. The number of amides is 3. The number of carbonyl (C=O) groups excluding carboxylic acids is 4. The summed E-state index contributed by atoms with van der Waals surface area (Å²) in [6.45, 7) is 5.89. The topological polar surface area (TPSA) is 139 Å². The van der Waals surface area contributed by atoms with Crippen molar-refractivity contribution < 1.29 is 37.8 Å². The van der Waals surface area contributed by atoms with Gasteiger partial charge in [0, 0.05) is 25.6 Å². The van der Waals surface area contributed by atoms with Crippen LogP contribution in [0.3, 0.4) is 0 Å². The number of Topliss-reactive ketones (excluding diaryl/α,β-unsaturated/α-hetero) is 1. The Morgan fingerprint density at radius 1 is 1.07 bits per heavy atom. The SMILES string of the molecule is COc1ccc(CC(NC(=O)C(C)NC(=O)CN2CCOCC2)C(=O)NC(CC2=CCCC2)C(=O)C2(C)CO2)c(F)c1. The van der Waals surface area contributed by atoms with E-state index in [-0.39, 0.29) is 36.8 Å². The summed E-state index contributed by atoms with van der Waals surface area (Å²) in [4.78, 5) is 54.6. The fourth-order valence-corrected chi connectivity index (χ4v) is 5.15. The lowest BCUT2D eigenvalue weighted by Crippen LogP contribution is -2.57. The predicted octanol–water partition coefficient (Wildman–Crippen LogP) is 1.04. The zero-order valence-electron chi connectivity index (χ0n) is 24.5. The average molecular weight is 589 g/mol. The number of carbonyl (C=O) groups is 4. The number of morpholine rings is 1. The summed E-state index contributed by atoms with van der Waals surface area (Å²) in [5, 5.41) is 8.15. The molecule has 12 heteroatoms. The Balaban J connectivity index is 1.47. The third-order valence-corrected chi connectivity index (χ3v) is 7.89. The summed E-state index contributed by atoms with van der Waals surface area (Å²) in [6.07, 6.45) is 4.99. The van der Waals surface area contributed by atoms with Gasteiger partial charge < -0.3 is 30.2 Å². The van der Waals surface area contributed by atoms with Gasteiger partial charge in [-0.15, -0.1) is 0 Å². The summed E-state index contributed by atoms with van der Waals surface area (Å²) >= 11 is 0. The summed E-state index contributed by atoms with van der Waals surface area (Å²) in [7, 11) is 1.42. The first kappa shape index (κ1) is 31.6. The summed E-state index contributed by atoms with van der Waals surface area (Å²) in [5.74, 6) is -2.12. The smallest absolute Gasteiger partial charge is 0.243 e. The van der Waals surface area contributed by atoms with E-state index in [2.05, 4.69) is 22.0 Å². The molecule has 2 saturated heterocycles. The van der Waals surface area contributed by atoms with Crippen LogP contribution in [-0.2, 0) is 35.1 Å². The van der Waals surface area contributed by atoms with Crippen molar-refractivity contribution in [2.75, 3.05) is 46.6 Å². The number of ether oxygens (including phenoxy) is 3. The number of hydrogen-bond acceptors (Lipinski definition) is 8. The lowest BCUT2D eigenvalue weighted by Gasteiger charge is -2.27. The maximum absolute atomic E-state index is 14.9. The minimum atomic E-state index is -1.22. The van der Waals surface area contributed by atoms with E-state index in [1.165, 1.54) is 26.2 Å². The fourth-order valence-electron chi connectivity index (χ4n) is 5.15. The molecule has 4 atom stereocenters. The lowest BCUT2D eigenvalue weighted by atomic mass is 9.94. The minimum absolute atomic E-state index is 0.114. The van der Waals surface area contributed by atoms with Gasteiger partial charge in [0.1, 0.15) is 29.3 Å². The van der Waals surface area contributed by atoms with Crippen molar-refractivity contribution in [1.82, 2.24) is 20.9 Å². The van der Waals surface area contributed by atoms with Crippen LogP contribution in [-0.4, -0.2) is 98.7 Å². The third-order valence-electron chi connectivity index (χ3n) is 7.89. The van der Waals surface area contributed by atoms with Gasteiger partial charge in [0.2, 0.25) is 17.7 Å². The van der Waals surface area contributed by atoms with Crippen LogP contribution in [0.4, 0.5) is 4.39 Å². The summed E-state index contributed by atoms with van der Waals surface area (Å²) < 4.78 is 30.6. The molecule has 0 spiro atoms. The average Bonchev–Trinajstić information content (AvgIpc) is 3.51. The number of rotatable bonds is 14. The molecule has 230 valence electrons. The second-order valence-corrected chi connectivity index (χ2v) is 11.3. The number of benzene rings is 1. The van der Waals surface area contributed by atoms with Crippen LogP contribution >= 0.6 is 0 Å². The molecule has 3 aliphatic rings. The molecule has 42 heavy (non-hydrogen) atoms. The molecular formula is C30H41FN4O7. The Morgan fingerprint density at radius 2 is 1.79 bits per heavy atom. The zero-order valence-corrected chi connectivity index (χ0v) is 24.5. The van der Waals surface area contributed by atoms with Crippen LogP contribution in [0.5, 0.6) is 5.75 Å². The Kier molecular flexibility index (Phi) is 10.7. The van der Waals surface area contributed by atoms with Crippen molar-refractivity contribution >= 4 is 23.5 Å². The number of halogens is 1. The highest BCUT2D eigenvalue weighted by Crippen LogP contribution is 2.31. The molecule has 4 rings (SSSR count). The van der Waals surface area contributed by atoms with Gasteiger partial charge in [0.15, 0.2) is 5.78 Å². The minimum Gasteiger partial charge on any atom is -0.497 e. The number of allylic oxidation sites excluding steroid dienone is 1. The molecule has 1 aliphatic carbocycles. The highest BCUT2D eigenvalue weighted by molar-refractivity contribution is 5.98. The number of hydrogen-bond donors (Lipinski definition) is 3. The zero-order chi connectivity index (χ0) is 30.3. The van der Waals surface area contributed by atoms with Crippen LogP contribution in [0.25, 0.3) is 0 Å². The predicted molar refractivity (Wildman–Crippen MR) is 151 cm³/mol. The van der Waals surface area contributed by atoms with Gasteiger partial charge in [0.25, 0.3) is 0 Å². The van der Waals surface area contributed by atoms with Crippen LogP contribution in [0.1, 0.15) is 45.1 Å². The molecule has 2 fully saturated rings. The molecule has 3 amide bonds. The second kappa shape index (κ2) is 14.2. The van der Waals surface area contributed by atoms with Gasteiger partial charge >= 0.3 is 0 Å². The molecule has 4 unspecified atom stereocenters. The number of epoxide rings is 1. The first-order valence-corrected chi connectivity index (χ1v) is 14.5. The van der Waals surface area contributed by atoms with Crippen molar-refractivity contribution in [1.29, 1.82) is 0 Å². The van der Waals surface area contributed by atoms with Gasteiger partial charge in [-0.25, -0.2) is 4.39 Å². The van der Waals surface area contributed by atoms with Crippen molar-refractivity contribution in [2.24, 2.45) is 0 Å². The van der Waals surface area contributed by atoms with E-state index in [1.807, 2.05) is 4.90 Å². The number of methoxy groups -OCH3 is 1. The molecule has 0 aromatic heterocycles. The maximum Gasteiger partial charge on any atom is 0.243 e. The standard InChI is InChI=1S/C30H41FN4O7/c1-19(32-26(36)17-35-10-12-41-13-11-35)28(38)34-25(15-21-8-9-22(40-3)16-23(21)31)29(39)33-24(14-20-6-4-5-7-20)27(37)30(2)18-42-30/h6,8-9,16,19,24-25H,4-5,7,10-15,17-18H2,1-3H3,(H,32,36)(H,33,39)(H,34,38). The molecule has 0 saturated carbocycles. The van der Waals surface area contributed by atoms with Gasteiger partial charge in [-0.2, -0.15) is 0 Å².